The van der Waals surface area contributed by atoms with E-state index in [0.29, 0.717) is 61.4 Å². The Kier molecular flexibility index (Phi) is 8.54. The van der Waals surface area contributed by atoms with Crippen molar-refractivity contribution in [2.45, 2.75) is 6.92 Å². The zero-order valence-corrected chi connectivity index (χ0v) is 40.2. The van der Waals surface area contributed by atoms with E-state index < -0.39 is 14.0 Å². The van der Waals surface area contributed by atoms with E-state index >= 15 is 0 Å². The van der Waals surface area contributed by atoms with E-state index in [1.54, 1.807) is 6.20 Å². The Bertz CT molecular complexity index is 4380. The molecule has 8 aromatic carbocycles. The summed E-state index contributed by atoms with van der Waals surface area (Å²) < 4.78 is 66.8. The van der Waals surface area contributed by atoms with Gasteiger partial charge in [-0.1, -0.05) is 120 Å². The molecular weight excluding hydrogens is 1050 g/mol. The number of aromatic nitrogens is 5. The molecule has 0 atom stereocenters. The molecule has 0 radical (unpaired) electrons. The van der Waals surface area contributed by atoms with Gasteiger partial charge in [0.15, 0.2) is 0 Å². The zero-order chi connectivity index (χ0) is 51.6. The number of para-hydroxylation sites is 4. The Labute approximate surface area is 432 Å². The predicted octanol–water partition coefficient (Wildman–Crippen LogP) is 15.3. The van der Waals surface area contributed by atoms with Crippen LogP contribution < -0.4 is 14.5 Å². The molecule has 0 saturated heterocycles. The van der Waals surface area contributed by atoms with Crippen LogP contribution in [0.1, 0.15) is 13.8 Å². The number of hydrogen-bond acceptors (Lipinski definition) is 5. The molecule has 13 aromatic rings. The van der Waals surface area contributed by atoms with Crippen molar-refractivity contribution in [2.24, 2.45) is 14.0 Å². The molecule has 0 saturated carbocycles. The van der Waals surface area contributed by atoms with Crippen molar-refractivity contribution in [3.05, 3.63) is 219 Å². The molecule has 0 aliphatic carbocycles. The maximum absolute atomic E-state index is 9.21. The van der Waals surface area contributed by atoms with Gasteiger partial charge in [0.05, 0.1) is 22.2 Å². The van der Waals surface area contributed by atoms with Crippen molar-refractivity contribution in [3.8, 4) is 39.6 Å². The standard InChI is InChI=1S/C62H42N7O.Pt/c1-39-34-55(64-37-48(39)40-18-6-4-7-19-40)69-53-30-17-33-63-59(53)47-32-31-44(36-54(47)69)70-43-23-16-22-42(35-43)67-38-68(52-29-15-14-28-51(52)67)62-60-57(45-24-10-12-26-49(45)65(60)2)56(41-20-8-5-9-21-41)58-46-25-11-13-27-50(46)66(3)61(58)62;/h4-34,37-38H,1-3H3;/q-3;/i2D3,3D3;. The summed E-state index contributed by atoms with van der Waals surface area (Å²) in [5.41, 5.74) is 11.4. The van der Waals surface area contributed by atoms with E-state index in [2.05, 4.69) is 41.8 Å². The Hall–Kier alpha value is -8.45. The number of benzene rings is 8. The summed E-state index contributed by atoms with van der Waals surface area (Å²) >= 11 is 0. The van der Waals surface area contributed by atoms with Crippen molar-refractivity contribution in [2.75, 3.05) is 9.80 Å². The van der Waals surface area contributed by atoms with Gasteiger partial charge in [0.25, 0.3) is 0 Å². The molecule has 344 valence electrons. The average Bonchev–Trinajstić information content (AvgIpc) is 4.38. The van der Waals surface area contributed by atoms with Gasteiger partial charge in [-0.3, -0.25) is 4.98 Å². The van der Waals surface area contributed by atoms with Crippen molar-refractivity contribution in [1.82, 2.24) is 23.7 Å². The smallest absolute Gasteiger partial charge is 0.135 e. The summed E-state index contributed by atoms with van der Waals surface area (Å²) in [7, 11) is 0. The second kappa shape index (κ2) is 16.6. The summed E-state index contributed by atoms with van der Waals surface area (Å²) in [5, 5.41) is 3.73. The minimum atomic E-state index is -2.69. The summed E-state index contributed by atoms with van der Waals surface area (Å²) in [6.07, 6.45) is 3.70. The van der Waals surface area contributed by atoms with Crippen LogP contribution in [0.15, 0.2) is 194 Å². The fraction of sp³-hybridized carbons (Fsp3) is 0.0484. The van der Waals surface area contributed by atoms with Crippen LogP contribution >= 0.6 is 0 Å². The van der Waals surface area contributed by atoms with Crippen LogP contribution in [0.4, 0.5) is 22.7 Å². The molecule has 0 amide bonds. The molecule has 0 N–H and O–H groups in total. The van der Waals surface area contributed by atoms with Crippen LogP contribution in [0.25, 0.3) is 93.6 Å². The number of pyridine rings is 2. The summed E-state index contributed by atoms with van der Waals surface area (Å²) in [6, 6.07) is 65.5. The first kappa shape index (κ1) is 36.5. The fourth-order valence-electron chi connectivity index (χ4n) is 10.6. The minimum absolute atomic E-state index is 0. The molecule has 5 aromatic heterocycles. The van der Waals surface area contributed by atoms with Crippen molar-refractivity contribution >= 4 is 88.3 Å². The van der Waals surface area contributed by atoms with Crippen LogP contribution in [-0.4, -0.2) is 23.7 Å². The zero-order valence-electron chi connectivity index (χ0n) is 43.9. The van der Waals surface area contributed by atoms with Crippen molar-refractivity contribution in [1.29, 1.82) is 0 Å². The second-order valence-electron chi connectivity index (χ2n) is 17.6. The van der Waals surface area contributed by atoms with E-state index in [4.69, 9.17) is 14.7 Å². The molecule has 8 nitrogen and oxygen atoms in total. The molecule has 9 heteroatoms. The topological polar surface area (TPSA) is 56.3 Å². The Morgan fingerprint density at radius 1 is 0.563 bits per heavy atom. The molecule has 0 bridgehead atoms. The number of rotatable bonds is 7. The van der Waals surface area contributed by atoms with Gasteiger partial charge in [0.2, 0.25) is 0 Å². The van der Waals surface area contributed by atoms with Gasteiger partial charge < -0.3 is 28.2 Å². The predicted molar refractivity (Wildman–Crippen MR) is 286 cm³/mol. The SMILES string of the molecule is [2H]C([2H])([2H])n1c2ccccc2c2c(-c3ccccc3)c3c4ccccc4n(C([2H])([2H])[2H])c3c(N3[CH-]N(c4[c-]c(Oc5[c-]c6c(cc5)c5ncccc5n6-c5cc(C)c(-c6ccccc6)cn5)ccc4)c4ccccc43)c21.[Pt]. The maximum Gasteiger partial charge on any atom is 0.135 e. The fourth-order valence-corrected chi connectivity index (χ4v) is 10.6. The minimum Gasteiger partial charge on any atom is -0.509 e. The molecule has 71 heavy (non-hydrogen) atoms. The van der Waals surface area contributed by atoms with E-state index in [0.717, 1.165) is 72.0 Å². The molecule has 6 heterocycles. The number of aryl methyl sites for hydroxylation is 3. The molecule has 1 aliphatic rings. The second-order valence-corrected chi connectivity index (χ2v) is 17.6. The van der Waals surface area contributed by atoms with Gasteiger partial charge in [0, 0.05) is 128 Å². The van der Waals surface area contributed by atoms with E-state index in [9.17, 15) is 8.22 Å². The Balaban J connectivity index is 0.00000566. The van der Waals surface area contributed by atoms with Crippen LogP contribution in [0, 0.1) is 25.7 Å². The average molecular weight is 1100 g/mol. The normalized spacial score (nSPS) is 14.1. The quantitative estimate of drug-likeness (QED) is 0.149. The van der Waals surface area contributed by atoms with Gasteiger partial charge in [-0.2, -0.15) is 12.1 Å². The molecule has 0 fully saturated rings. The van der Waals surface area contributed by atoms with Gasteiger partial charge in [0.1, 0.15) is 5.82 Å². The third kappa shape index (κ3) is 6.48. The first-order chi connectivity index (χ1) is 36.9. The van der Waals surface area contributed by atoms with Gasteiger partial charge in [-0.15, -0.1) is 42.7 Å². The number of nitrogens with zero attached hydrogens (tertiary/aromatic N) is 7. The molecule has 0 unspecified atom stereocenters. The van der Waals surface area contributed by atoms with E-state index in [1.807, 2.05) is 186 Å². The van der Waals surface area contributed by atoms with E-state index in [1.165, 1.54) is 9.13 Å². The first-order valence-electron chi connectivity index (χ1n) is 26.1. The van der Waals surface area contributed by atoms with Crippen LogP contribution in [-0.2, 0) is 35.0 Å². The number of hydrogen-bond donors (Lipinski definition) is 0. The summed E-state index contributed by atoms with van der Waals surface area (Å²) in [5.74, 6) is 1.59. The number of fused-ring (bicyclic) bond motifs is 10. The molecule has 0 spiro atoms. The van der Waals surface area contributed by atoms with Gasteiger partial charge in [-0.25, -0.2) is 4.98 Å². The third-order valence-electron chi connectivity index (χ3n) is 13.7. The molecule has 14 rings (SSSR count). The number of ether oxygens (including phenoxy) is 1. The van der Waals surface area contributed by atoms with Gasteiger partial charge in [-0.05, 0) is 66.1 Å². The molecule has 1 aliphatic heterocycles. The van der Waals surface area contributed by atoms with E-state index in [-0.39, 0.29) is 21.1 Å². The van der Waals surface area contributed by atoms with Crippen LogP contribution in [0.2, 0.25) is 0 Å². The van der Waals surface area contributed by atoms with Gasteiger partial charge >= 0.3 is 0 Å². The first-order valence-corrected chi connectivity index (χ1v) is 23.1. The molecular formula is C62H42N7OPt-3. The monoisotopic (exact) mass is 1100 g/mol. The summed E-state index contributed by atoms with van der Waals surface area (Å²) in [6.45, 7) is -1.41. The Morgan fingerprint density at radius 3 is 1.87 bits per heavy atom. The Morgan fingerprint density at radius 2 is 1.18 bits per heavy atom. The maximum atomic E-state index is 9.21. The summed E-state index contributed by atoms with van der Waals surface area (Å²) in [4.78, 5) is 13.7. The third-order valence-corrected chi connectivity index (χ3v) is 13.7. The van der Waals surface area contributed by atoms with Crippen LogP contribution in [0.5, 0.6) is 11.5 Å². The number of anilines is 4. The van der Waals surface area contributed by atoms with Crippen molar-refractivity contribution < 1.29 is 34.0 Å². The van der Waals surface area contributed by atoms with Crippen molar-refractivity contribution in [3.63, 3.8) is 0 Å². The largest absolute Gasteiger partial charge is 0.509 e. The van der Waals surface area contributed by atoms with Crippen LogP contribution in [0.3, 0.4) is 0 Å².